The summed E-state index contributed by atoms with van der Waals surface area (Å²) >= 11 is 3.53. The summed E-state index contributed by atoms with van der Waals surface area (Å²) in [6, 6.07) is 11.4. The van der Waals surface area contributed by atoms with Crippen molar-refractivity contribution < 1.29 is 4.79 Å². The number of aromatic nitrogens is 2. The smallest absolute Gasteiger partial charge is 0.274 e. The number of imidazole rings is 1. The van der Waals surface area contributed by atoms with E-state index >= 15 is 0 Å². The average molecular weight is 358 g/mol. The van der Waals surface area contributed by atoms with Crippen molar-refractivity contribution in [2.75, 3.05) is 5.32 Å². The van der Waals surface area contributed by atoms with E-state index in [1.807, 2.05) is 60.8 Å². The van der Waals surface area contributed by atoms with Crippen LogP contribution in [-0.4, -0.2) is 15.3 Å². The van der Waals surface area contributed by atoms with Gasteiger partial charge >= 0.3 is 0 Å². The first-order valence-electron chi connectivity index (χ1n) is 7.13. The molecule has 0 radical (unpaired) electrons. The molecule has 3 aromatic rings. The summed E-state index contributed by atoms with van der Waals surface area (Å²) in [7, 11) is 0. The van der Waals surface area contributed by atoms with Crippen LogP contribution in [0.1, 0.15) is 28.7 Å². The molecular weight excluding hydrogens is 342 g/mol. The van der Waals surface area contributed by atoms with Gasteiger partial charge in [0.25, 0.3) is 5.91 Å². The quantitative estimate of drug-likeness (QED) is 0.762. The van der Waals surface area contributed by atoms with Crippen molar-refractivity contribution in [3.8, 4) is 0 Å². The van der Waals surface area contributed by atoms with Crippen LogP contribution in [0, 0.1) is 6.92 Å². The fourth-order valence-electron chi connectivity index (χ4n) is 2.48. The molecule has 1 aromatic carbocycles. The van der Waals surface area contributed by atoms with Gasteiger partial charge in [-0.1, -0.05) is 25.1 Å². The van der Waals surface area contributed by atoms with Gasteiger partial charge in [-0.15, -0.1) is 0 Å². The van der Waals surface area contributed by atoms with E-state index in [2.05, 4.69) is 26.2 Å². The van der Waals surface area contributed by atoms with Crippen LogP contribution in [-0.2, 0) is 6.42 Å². The first kappa shape index (κ1) is 14.8. The third kappa shape index (κ3) is 2.64. The Morgan fingerprint density at radius 1 is 1.32 bits per heavy atom. The molecule has 0 aliphatic rings. The second kappa shape index (κ2) is 5.93. The molecule has 0 spiro atoms. The number of nitrogens with zero attached hydrogens (tertiary/aromatic N) is 2. The molecule has 2 heterocycles. The third-order valence-corrected chi connectivity index (χ3v) is 4.05. The number of rotatable bonds is 3. The minimum atomic E-state index is -0.145. The van der Waals surface area contributed by atoms with Crippen LogP contribution in [0.2, 0.25) is 0 Å². The molecular formula is C17H16BrN3O. The van der Waals surface area contributed by atoms with Gasteiger partial charge in [0, 0.05) is 11.9 Å². The summed E-state index contributed by atoms with van der Waals surface area (Å²) < 4.78 is 2.75. The molecule has 4 nitrogen and oxygen atoms in total. The molecule has 5 heteroatoms. The van der Waals surface area contributed by atoms with Crippen molar-refractivity contribution in [2.24, 2.45) is 0 Å². The molecule has 3 rings (SSSR count). The zero-order chi connectivity index (χ0) is 15.7. The fourth-order valence-corrected chi connectivity index (χ4v) is 3.12. The maximum absolute atomic E-state index is 12.7. The second-order valence-corrected chi connectivity index (χ2v) is 5.99. The van der Waals surface area contributed by atoms with E-state index in [4.69, 9.17) is 0 Å². The molecule has 0 aliphatic carbocycles. The summed E-state index contributed by atoms with van der Waals surface area (Å²) in [6.07, 6.45) is 2.64. The lowest BCUT2D eigenvalue weighted by Crippen LogP contribution is -2.16. The first-order valence-corrected chi connectivity index (χ1v) is 7.93. The maximum Gasteiger partial charge on any atom is 0.274 e. The number of carbonyl (C=O) groups excluding carboxylic acids is 1. The Hall–Kier alpha value is -2.14. The number of nitrogens with one attached hydrogen (secondary N) is 1. The van der Waals surface area contributed by atoms with E-state index in [1.54, 1.807) is 0 Å². The van der Waals surface area contributed by atoms with Gasteiger partial charge < -0.3 is 5.32 Å². The van der Waals surface area contributed by atoms with E-state index in [9.17, 15) is 4.79 Å². The molecule has 0 saturated carbocycles. The summed E-state index contributed by atoms with van der Waals surface area (Å²) in [5, 5.41) is 2.94. The molecule has 2 aromatic heterocycles. The minimum Gasteiger partial charge on any atom is -0.321 e. The summed E-state index contributed by atoms with van der Waals surface area (Å²) in [4.78, 5) is 17.3. The Morgan fingerprint density at radius 2 is 2.05 bits per heavy atom. The Labute approximate surface area is 137 Å². The molecule has 22 heavy (non-hydrogen) atoms. The number of carbonyl (C=O) groups is 1. The van der Waals surface area contributed by atoms with Crippen LogP contribution >= 0.6 is 15.9 Å². The molecule has 1 amide bonds. The van der Waals surface area contributed by atoms with Crippen molar-refractivity contribution in [1.29, 1.82) is 0 Å². The van der Waals surface area contributed by atoms with Crippen molar-refractivity contribution in [1.82, 2.24) is 9.38 Å². The van der Waals surface area contributed by atoms with Crippen LogP contribution < -0.4 is 5.32 Å². The van der Waals surface area contributed by atoms with E-state index in [-0.39, 0.29) is 5.91 Å². The van der Waals surface area contributed by atoms with Gasteiger partial charge in [-0.2, -0.15) is 0 Å². The number of amides is 1. The number of halogens is 1. The highest BCUT2D eigenvalue weighted by atomic mass is 79.9. The van der Waals surface area contributed by atoms with Gasteiger partial charge in [-0.3, -0.25) is 9.20 Å². The SMILES string of the molecule is CCc1nc2c(Br)cc(C)cn2c1C(=O)Nc1ccccc1. The van der Waals surface area contributed by atoms with Gasteiger partial charge in [0.15, 0.2) is 5.65 Å². The highest BCUT2D eigenvalue weighted by Crippen LogP contribution is 2.23. The predicted octanol–water partition coefficient (Wildman–Crippen LogP) is 4.22. The molecule has 1 N–H and O–H groups in total. The first-order chi connectivity index (χ1) is 10.6. The molecule has 0 fully saturated rings. The summed E-state index contributed by atoms with van der Waals surface area (Å²) in [5.74, 6) is -0.145. The molecule has 0 saturated heterocycles. The third-order valence-electron chi connectivity index (χ3n) is 3.47. The van der Waals surface area contributed by atoms with Gasteiger partial charge in [0.1, 0.15) is 5.69 Å². The van der Waals surface area contributed by atoms with E-state index < -0.39 is 0 Å². The minimum absolute atomic E-state index is 0.145. The lowest BCUT2D eigenvalue weighted by atomic mass is 10.2. The Balaban J connectivity index is 2.10. The zero-order valence-corrected chi connectivity index (χ0v) is 14.0. The number of aryl methyl sites for hydroxylation is 2. The van der Waals surface area contributed by atoms with Crippen LogP contribution in [0.25, 0.3) is 5.65 Å². The van der Waals surface area contributed by atoms with E-state index in [0.29, 0.717) is 12.1 Å². The van der Waals surface area contributed by atoms with Crippen LogP contribution in [0.4, 0.5) is 5.69 Å². The van der Waals surface area contributed by atoms with E-state index in [0.717, 1.165) is 27.1 Å². The van der Waals surface area contributed by atoms with Crippen molar-refractivity contribution in [2.45, 2.75) is 20.3 Å². The number of hydrogen-bond acceptors (Lipinski definition) is 2. The monoisotopic (exact) mass is 357 g/mol. The average Bonchev–Trinajstić information content (AvgIpc) is 2.87. The maximum atomic E-state index is 12.7. The number of para-hydroxylation sites is 1. The lowest BCUT2D eigenvalue weighted by Gasteiger charge is -2.07. The highest BCUT2D eigenvalue weighted by Gasteiger charge is 2.19. The molecule has 112 valence electrons. The molecule has 0 atom stereocenters. The lowest BCUT2D eigenvalue weighted by molar-refractivity contribution is 0.102. The second-order valence-electron chi connectivity index (χ2n) is 5.14. The van der Waals surface area contributed by atoms with Gasteiger partial charge in [0.2, 0.25) is 0 Å². The number of anilines is 1. The van der Waals surface area contributed by atoms with Crippen LogP contribution in [0.15, 0.2) is 47.1 Å². The van der Waals surface area contributed by atoms with Crippen molar-refractivity contribution in [3.63, 3.8) is 0 Å². The topological polar surface area (TPSA) is 46.4 Å². The molecule has 0 bridgehead atoms. The normalized spacial score (nSPS) is 10.9. The Morgan fingerprint density at radius 3 is 2.73 bits per heavy atom. The zero-order valence-electron chi connectivity index (χ0n) is 12.4. The van der Waals surface area contributed by atoms with Crippen molar-refractivity contribution >= 4 is 33.2 Å². The summed E-state index contributed by atoms with van der Waals surface area (Å²) in [5.41, 5.74) is 3.98. The van der Waals surface area contributed by atoms with Gasteiger partial charge in [-0.05, 0) is 53.0 Å². The van der Waals surface area contributed by atoms with Crippen LogP contribution in [0.3, 0.4) is 0 Å². The van der Waals surface area contributed by atoms with Crippen LogP contribution in [0.5, 0.6) is 0 Å². The van der Waals surface area contributed by atoms with Crippen molar-refractivity contribution in [3.05, 3.63) is 64.0 Å². The Bertz CT molecular complexity index is 840. The van der Waals surface area contributed by atoms with Gasteiger partial charge in [0.05, 0.1) is 10.2 Å². The highest BCUT2D eigenvalue weighted by molar-refractivity contribution is 9.10. The number of benzene rings is 1. The molecule has 0 aliphatic heterocycles. The van der Waals surface area contributed by atoms with E-state index in [1.165, 1.54) is 0 Å². The largest absolute Gasteiger partial charge is 0.321 e. The van der Waals surface area contributed by atoms with Gasteiger partial charge in [-0.25, -0.2) is 4.98 Å². The summed E-state index contributed by atoms with van der Waals surface area (Å²) in [6.45, 7) is 4.00. The predicted molar refractivity (Wildman–Crippen MR) is 91.4 cm³/mol. The number of pyridine rings is 1. The number of hydrogen-bond donors (Lipinski definition) is 1. The fraction of sp³-hybridized carbons (Fsp3) is 0.176. The molecule has 0 unspecified atom stereocenters. The Kier molecular flexibility index (Phi) is 3.98. The standard InChI is InChI=1S/C17H16BrN3O/c1-3-14-15(17(22)19-12-7-5-4-6-8-12)21-10-11(2)9-13(18)16(21)20-14/h4-10H,3H2,1-2H3,(H,19,22). The number of fused-ring (bicyclic) bond motifs is 1.